The summed E-state index contributed by atoms with van der Waals surface area (Å²) in [6, 6.07) is 0. The SMILES string of the molecule is OC[C@@H](O)CNC[C@H](O)CO. The van der Waals surface area contributed by atoms with Crippen molar-refractivity contribution in [2.24, 2.45) is 0 Å². The largest absolute Gasteiger partial charge is 0.394 e. The van der Waals surface area contributed by atoms with Crippen molar-refractivity contribution < 1.29 is 20.4 Å². The van der Waals surface area contributed by atoms with E-state index in [-0.39, 0.29) is 26.3 Å². The Kier molecular flexibility index (Phi) is 6.39. The van der Waals surface area contributed by atoms with E-state index in [9.17, 15) is 0 Å². The van der Waals surface area contributed by atoms with Crippen molar-refractivity contribution >= 4 is 0 Å². The highest BCUT2D eigenvalue weighted by Gasteiger charge is 2.03. The summed E-state index contributed by atoms with van der Waals surface area (Å²) < 4.78 is 0. The van der Waals surface area contributed by atoms with Gasteiger partial charge >= 0.3 is 0 Å². The van der Waals surface area contributed by atoms with Crippen molar-refractivity contribution in [3.8, 4) is 0 Å². The van der Waals surface area contributed by atoms with Crippen LogP contribution in [0, 0.1) is 0 Å². The molecule has 0 aromatic heterocycles. The second kappa shape index (κ2) is 6.51. The predicted octanol–water partition coefficient (Wildman–Crippen LogP) is -2.72. The Bertz CT molecular complexity index is 80.7. The third-order valence-corrected chi connectivity index (χ3v) is 1.18. The molecule has 0 fully saturated rings. The molecule has 0 aromatic rings. The molecule has 0 radical (unpaired) electrons. The standard InChI is InChI=1S/C6H15NO4/c8-3-5(10)1-7-2-6(11)4-9/h5-11H,1-4H2/t5-,6-/m0/s1. The minimum Gasteiger partial charge on any atom is -0.394 e. The highest BCUT2D eigenvalue weighted by atomic mass is 16.3. The molecule has 0 amide bonds. The molecule has 11 heavy (non-hydrogen) atoms. The molecule has 0 aliphatic heterocycles. The number of nitrogens with one attached hydrogen (secondary N) is 1. The summed E-state index contributed by atoms with van der Waals surface area (Å²) >= 11 is 0. The molecule has 0 aromatic carbocycles. The van der Waals surface area contributed by atoms with Gasteiger partial charge in [-0.3, -0.25) is 0 Å². The number of aliphatic hydroxyl groups is 4. The fourth-order valence-corrected chi connectivity index (χ4v) is 0.546. The maximum absolute atomic E-state index is 8.79. The lowest BCUT2D eigenvalue weighted by atomic mass is 10.3. The Labute approximate surface area is 65.3 Å². The van der Waals surface area contributed by atoms with Crippen molar-refractivity contribution in [3.63, 3.8) is 0 Å². The summed E-state index contributed by atoms with van der Waals surface area (Å²) in [5, 5.41) is 37.0. The molecule has 0 saturated carbocycles. The van der Waals surface area contributed by atoms with Crippen LogP contribution in [0.4, 0.5) is 0 Å². The zero-order valence-corrected chi connectivity index (χ0v) is 6.27. The first-order valence-electron chi connectivity index (χ1n) is 3.49. The predicted molar refractivity (Wildman–Crippen MR) is 39.1 cm³/mol. The fourth-order valence-electron chi connectivity index (χ4n) is 0.546. The summed E-state index contributed by atoms with van der Waals surface area (Å²) in [5.41, 5.74) is 0. The van der Waals surface area contributed by atoms with Gasteiger partial charge in [0.25, 0.3) is 0 Å². The van der Waals surface area contributed by atoms with Gasteiger partial charge in [0, 0.05) is 13.1 Å². The zero-order valence-electron chi connectivity index (χ0n) is 6.27. The van der Waals surface area contributed by atoms with Gasteiger partial charge in [0.2, 0.25) is 0 Å². The Morgan fingerprint density at radius 2 is 1.27 bits per heavy atom. The first-order chi connectivity index (χ1) is 5.20. The molecule has 0 bridgehead atoms. The fraction of sp³-hybridized carbons (Fsp3) is 1.00. The molecule has 68 valence electrons. The van der Waals surface area contributed by atoms with E-state index < -0.39 is 12.2 Å². The normalized spacial score (nSPS) is 16.4. The van der Waals surface area contributed by atoms with Crippen LogP contribution in [0.3, 0.4) is 0 Å². The van der Waals surface area contributed by atoms with E-state index >= 15 is 0 Å². The quantitative estimate of drug-likeness (QED) is 0.295. The number of hydrogen-bond donors (Lipinski definition) is 5. The van der Waals surface area contributed by atoms with Crippen LogP contribution in [0.2, 0.25) is 0 Å². The molecule has 0 spiro atoms. The van der Waals surface area contributed by atoms with Crippen LogP contribution in [-0.4, -0.2) is 58.9 Å². The molecule has 0 unspecified atom stereocenters. The summed E-state index contributed by atoms with van der Waals surface area (Å²) in [5.74, 6) is 0. The third-order valence-electron chi connectivity index (χ3n) is 1.18. The summed E-state index contributed by atoms with van der Waals surface area (Å²) in [4.78, 5) is 0. The van der Waals surface area contributed by atoms with E-state index in [1.165, 1.54) is 0 Å². The average molecular weight is 165 g/mol. The maximum atomic E-state index is 8.79. The van der Waals surface area contributed by atoms with Gasteiger partial charge in [0.15, 0.2) is 0 Å². The lowest BCUT2D eigenvalue weighted by Gasteiger charge is -2.10. The van der Waals surface area contributed by atoms with E-state index in [1.54, 1.807) is 0 Å². The van der Waals surface area contributed by atoms with Gasteiger partial charge in [0.05, 0.1) is 25.4 Å². The number of rotatable bonds is 6. The average Bonchev–Trinajstić information content (AvgIpc) is 2.04. The van der Waals surface area contributed by atoms with E-state index in [4.69, 9.17) is 20.4 Å². The Morgan fingerprint density at radius 3 is 1.55 bits per heavy atom. The Morgan fingerprint density at radius 1 is 0.909 bits per heavy atom. The molecule has 5 N–H and O–H groups in total. The molecular formula is C6H15NO4. The molecule has 0 aliphatic rings. The topological polar surface area (TPSA) is 93.0 Å². The molecule has 0 saturated heterocycles. The number of aliphatic hydroxyl groups excluding tert-OH is 4. The van der Waals surface area contributed by atoms with Crippen molar-refractivity contribution in [1.82, 2.24) is 5.32 Å². The van der Waals surface area contributed by atoms with E-state index in [0.29, 0.717) is 0 Å². The monoisotopic (exact) mass is 165 g/mol. The second-order valence-electron chi connectivity index (χ2n) is 2.33. The van der Waals surface area contributed by atoms with Gasteiger partial charge in [-0.2, -0.15) is 0 Å². The highest BCUT2D eigenvalue weighted by molar-refractivity contribution is 4.61. The molecule has 0 heterocycles. The van der Waals surface area contributed by atoms with Crippen LogP contribution in [0.25, 0.3) is 0 Å². The Balaban J connectivity index is 3.13. The molecule has 0 rings (SSSR count). The first kappa shape index (κ1) is 10.8. The van der Waals surface area contributed by atoms with Crippen LogP contribution >= 0.6 is 0 Å². The van der Waals surface area contributed by atoms with Crippen LogP contribution in [0.5, 0.6) is 0 Å². The molecular weight excluding hydrogens is 150 g/mol. The van der Waals surface area contributed by atoms with Gasteiger partial charge in [-0.1, -0.05) is 0 Å². The first-order valence-corrected chi connectivity index (χ1v) is 3.49. The summed E-state index contributed by atoms with van der Waals surface area (Å²) in [7, 11) is 0. The molecule has 0 aliphatic carbocycles. The lowest BCUT2D eigenvalue weighted by molar-refractivity contribution is 0.0747. The van der Waals surface area contributed by atoms with Gasteiger partial charge in [-0.05, 0) is 0 Å². The number of hydrogen-bond acceptors (Lipinski definition) is 5. The summed E-state index contributed by atoms with van der Waals surface area (Å²) in [6.07, 6.45) is -1.61. The molecule has 5 heteroatoms. The summed E-state index contributed by atoms with van der Waals surface area (Å²) in [6.45, 7) is -0.175. The Hall–Kier alpha value is -0.200. The third kappa shape index (κ3) is 6.21. The van der Waals surface area contributed by atoms with Crippen molar-refractivity contribution in [3.05, 3.63) is 0 Å². The van der Waals surface area contributed by atoms with Crippen molar-refractivity contribution in [2.45, 2.75) is 12.2 Å². The van der Waals surface area contributed by atoms with Gasteiger partial charge in [-0.15, -0.1) is 0 Å². The molecule has 5 nitrogen and oxygen atoms in total. The van der Waals surface area contributed by atoms with E-state index in [0.717, 1.165) is 0 Å². The lowest BCUT2D eigenvalue weighted by Crippen LogP contribution is -2.35. The van der Waals surface area contributed by atoms with Crippen LogP contribution < -0.4 is 5.32 Å². The van der Waals surface area contributed by atoms with Crippen LogP contribution in [0.15, 0.2) is 0 Å². The van der Waals surface area contributed by atoms with Gasteiger partial charge in [0.1, 0.15) is 0 Å². The smallest absolute Gasteiger partial charge is 0.0894 e. The molecule has 2 atom stereocenters. The zero-order chi connectivity index (χ0) is 8.69. The van der Waals surface area contributed by atoms with Gasteiger partial charge in [-0.25, -0.2) is 0 Å². The minimum absolute atomic E-state index is 0.216. The minimum atomic E-state index is -0.805. The van der Waals surface area contributed by atoms with E-state index in [1.807, 2.05) is 0 Å². The van der Waals surface area contributed by atoms with E-state index in [2.05, 4.69) is 5.32 Å². The maximum Gasteiger partial charge on any atom is 0.0894 e. The van der Waals surface area contributed by atoms with Gasteiger partial charge < -0.3 is 25.7 Å². The highest BCUT2D eigenvalue weighted by Crippen LogP contribution is 1.79. The second-order valence-corrected chi connectivity index (χ2v) is 2.33. The van der Waals surface area contributed by atoms with Crippen LogP contribution in [-0.2, 0) is 0 Å². The van der Waals surface area contributed by atoms with Crippen LogP contribution in [0.1, 0.15) is 0 Å². The van der Waals surface area contributed by atoms with Crippen molar-refractivity contribution in [1.29, 1.82) is 0 Å². The van der Waals surface area contributed by atoms with Crippen molar-refractivity contribution in [2.75, 3.05) is 26.3 Å².